The van der Waals surface area contributed by atoms with Crippen LogP contribution >= 0.6 is 0 Å². The molecule has 112 valence electrons. The van der Waals surface area contributed by atoms with Gasteiger partial charge in [0.05, 0.1) is 0 Å². The van der Waals surface area contributed by atoms with Crippen molar-refractivity contribution in [1.29, 1.82) is 0 Å². The molecule has 0 saturated carbocycles. The molecule has 1 saturated heterocycles. The number of hydrogen-bond acceptors (Lipinski definition) is 4. The van der Waals surface area contributed by atoms with Gasteiger partial charge in [-0.25, -0.2) is 4.79 Å². The third-order valence-corrected chi connectivity index (χ3v) is 3.12. The minimum absolute atomic E-state index is 0.176. The summed E-state index contributed by atoms with van der Waals surface area (Å²) in [6.45, 7) is 9.36. The molecule has 0 aromatic carbocycles. The standard InChI is InChI=1S/C14H29N3O2/c1-14(2,3)19-13(18)17-9-6-7-12(17)11-15-8-10-16(4)5/h12,15H,6-11H2,1-5H3. The fourth-order valence-corrected chi connectivity index (χ4v) is 2.18. The molecule has 5 nitrogen and oxygen atoms in total. The fourth-order valence-electron chi connectivity index (χ4n) is 2.18. The molecular weight excluding hydrogens is 242 g/mol. The SMILES string of the molecule is CN(C)CCNCC1CCCN1C(=O)OC(C)(C)C. The molecule has 1 aliphatic heterocycles. The van der Waals surface area contributed by atoms with Gasteiger partial charge >= 0.3 is 6.09 Å². The van der Waals surface area contributed by atoms with Crippen LogP contribution in [0.25, 0.3) is 0 Å². The highest BCUT2D eigenvalue weighted by Gasteiger charge is 2.31. The lowest BCUT2D eigenvalue weighted by Gasteiger charge is -2.28. The number of rotatable bonds is 5. The van der Waals surface area contributed by atoms with Gasteiger partial charge in [-0.05, 0) is 47.7 Å². The molecule has 0 spiro atoms. The van der Waals surface area contributed by atoms with Gasteiger partial charge in [0.2, 0.25) is 0 Å². The summed E-state index contributed by atoms with van der Waals surface area (Å²) >= 11 is 0. The number of nitrogens with zero attached hydrogens (tertiary/aromatic N) is 2. The number of nitrogens with one attached hydrogen (secondary N) is 1. The van der Waals surface area contributed by atoms with Crippen molar-refractivity contribution in [3.05, 3.63) is 0 Å². The Morgan fingerprint density at radius 2 is 2.11 bits per heavy atom. The number of hydrogen-bond donors (Lipinski definition) is 1. The number of ether oxygens (including phenoxy) is 1. The van der Waals surface area contributed by atoms with Crippen LogP contribution in [0.2, 0.25) is 0 Å². The van der Waals surface area contributed by atoms with Crippen molar-refractivity contribution in [1.82, 2.24) is 15.1 Å². The quantitative estimate of drug-likeness (QED) is 0.770. The van der Waals surface area contributed by atoms with E-state index in [0.717, 1.165) is 39.0 Å². The summed E-state index contributed by atoms with van der Waals surface area (Å²) in [5.74, 6) is 0. The van der Waals surface area contributed by atoms with Crippen LogP contribution in [-0.2, 0) is 4.74 Å². The fraction of sp³-hybridized carbons (Fsp3) is 0.929. The number of amides is 1. The summed E-state index contributed by atoms with van der Waals surface area (Å²) in [6, 6.07) is 0.275. The van der Waals surface area contributed by atoms with E-state index in [1.54, 1.807) is 0 Å². The van der Waals surface area contributed by atoms with Crippen molar-refractivity contribution in [3.63, 3.8) is 0 Å². The highest BCUT2D eigenvalue weighted by atomic mass is 16.6. The minimum Gasteiger partial charge on any atom is -0.444 e. The van der Waals surface area contributed by atoms with Gasteiger partial charge in [0, 0.05) is 32.2 Å². The van der Waals surface area contributed by atoms with Gasteiger partial charge in [-0.1, -0.05) is 0 Å². The smallest absolute Gasteiger partial charge is 0.410 e. The third-order valence-electron chi connectivity index (χ3n) is 3.12. The van der Waals surface area contributed by atoms with Crippen LogP contribution in [0.4, 0.5) is 4.79 Å². The van der Waals surface area contributed by atoms with Crippen molar-refractivity contribution in [2.75, 3.05) is 40.3 Å². The maximum Gasteiger partial charge on any atom is 0.410 e. The predicted molar refractivity (Wildman–Crippen MR) is 77.4 cm³/mol. The van der Waals surface area contributed by atoms with Gasteiger partial charge < -0.3 is 19.9 Å². The Hall–Kier alpha value is -0.810. The largest absolute Gasteiger partial charge is 0.444 e. The topological polar surface area (TPSA) is 44.8 Å². The molecule has 0 aromatic rings. The summed E-state index contributed by atoms with van der Waals surface area (Å²) in [5.41, 5.74) is -0.414. The molecule has 0 aromatic heterocycles. The van der Waals surface area contributed by atoms with E-state index >= 15 is 0 Å². The Balaban J connectivity index is 2.35. The molecule has 1 heterocycles. The average molecular weight is 271 g/mol. The number of likely N-dealkylation sites (tertiary alicyclic amines) is 1. The van der Waals surface area contributed by atoms with E-state index in [-0.39, 0.29) is 12.1 Å². The van der Waals surface area contributed by atoms with E-state index in [2.05, 4.69) is 24.3 Å². The second-order valence-corrected chi connectivity index (χ2v) is 6.48. The van der Waals surface area contributed by atoms with Crippen LogP contribution in [0.3, 0.4) is 0 Å². The van der Waals surface area contributed by atoms with E-state index in [4.69, 9.17) is 4.74 Å². The molecule has 1 amide bonds. The molecule has 0 aliphatic carbocycles. The average Bonchev–Trinajstić information content (AvgIpc) is 2.69. The molecule has 1 aliphatic rings. The summed E-state index contributed by atoms with van der Waals surface area (Å²) < 4.78 is 5.45. The first-order chi connectivity index (χ1) is 8.79. The molecular formula is C14H29N3O2. The molecule has 1 atom stereocenters. The van der Waals surface area contributed by atoms with Crippen LogP contribution in [0.1, 0.15) is 33.6 Å². The van der Waals surface area contributed by atoms with Crippen LogP contribution in [0, 0.1) is 0 Å². The first-order valence-corrected chi connectivity index (χ1v) is 7.14. The predicted octanol–water partition coefficient (Wildman–Crippen LogP) is 1.54. The summed E-state index contributed by atoms with van der Waals surface area (Å²) in [6.07, 6.45) is 1.96. The zero-order valence-corrected chi connectivity index (χ0v) is 13.0. The Bertz CT molecular complexity index is 287. The molecule has 1 rings (SSSR count). The molecule has 5 heteroatoms. The van der Waals surface area contributed by atoms with Crippen molar-refractivity contribution >= 4 is 6.09 Å². The normalized spacial score (nSPS) is 20.1. The summed E-state index contributed by atoms with van der Waals surface area (Å²) in [7, 11) is 4.12. The number of carbonyl (C=O) groups is 1. The first kappa shape index (κ1) is 16.2. The van der Waals surface area contributed by atoms with E-state index in [9.17, 15) is 4.79 Å². The Morgan fingerprint density at radius 3 is 2.68 bits per heavy atom. The Labute approximate surface area is 117 Å². The lowest BCUT2D eigenvalue weighted by Crippen LogP contribution is -2.44. The van der Waals surface area contributed by atoms with Gasteiger partial charge in [0.25, 0.3) is 0 Å². The zero-order chi connectivity index (χ0) is 14.5. The highest BCUT2D eigenvalue weighted by Crippen LogP contribution is 2.20. The molecule has 1 unspecified atom stereocenters. The third kappa shape index (κ3) is 6.25. The number of carbonyl (C=O) groups excluding carboxylic acids is 1. The monoisotopic (exact) mass is 271 g/mol. The number of likely N-dealkylation sites (N-methyl/N-ethyl adjacent to an activating group) is 1. The summed E-state index contributed by atoms with van der Waals surface area (Å²) in [4.78, 5) is 16.1. The van der Waals surface area contributed by atoms with E-state index < -0.39 is 5.60 Å². The molecule has 0 radical (unpaired) electrons. The van der Waals surface area contributed by atoms with Crippen molar-refractivity contribution < 1.29 is 9.53 Å². The minimum atomic E-state index is -0.414. The Morgan fingerprint density at radius 1 is 1.42 bits per heavy atom. The van der Waals surface area contributed by atoms with Gasteiger partial charge in [-0.15, -0.1) is 0 Å². The van der Waals surface area contributed by atoms with E-state index in [1.807, 2.05) is 25.7 Å². The van der Waals surface area contributed by atoms with Crippen LogP contribution in [-0.4, -0.2) is 67.8 Å². The van der Waals surface area contributed by atoms with Crippen LogP contribution in [0.5, 0.6) is 0 Å². The van der Waals surface area contributed by atoms with Crippen molar-refractivity contribution in [2.45, 2.75) is 45.3 Å². The maximum atomic E-state index is 12.1. The maximum absolute atomic E-state index is 12.1. The van der Waals surface area contributed by atoms with E-state index in [1.165, 1.54) is 0 Å². The van der Waals surface area contributed by atoms with Crippen LogP contribution < -0.4 is 5.32 Å². The van der Waals surface area contributed by atoms with Gasteiger partial charge in [-0.2, -0.15) is 0 Å². The molecule has 1 N–H and O–H groups in total. The van der Waals surface area contributed by atoms with Crippen LogP contribution in [0.15, 0.2) is 0 Å². The van der Waals surface area contributed by atoms with E-state index in [0.29, 0.717) is 0 Å². The van der Waals surface area contributed by atoms with Crippen molar-refractivity contribution in [3.8, 4) is 0 Å². The van der Waals surface area contributed by atoms with Gasteiger partial charge in [0.15, 0.2) is 0 Å². The second-order valence-electron chi connectivity index (χ2n) is 6.48. The highest BCUT2D eigenvalue weighted by molar-refractivity contribution is 5.69. The zero-order valence-electron chi connectivity index (χ0n) is 13.0. The Kier molecular flexibility index (Phi) is 6.07. The molecule has 19 heavy (non-hydrogen) atoms. The lowest BCUT2D eigenvalue weighted by molar-refractivity contribution is 0.0226. The van der Waals surface area contributed by atoms with Gasteiger partial charge in [0.1, 0.15) is 5.60 Å². The lowest BCUT2D eigenvalue weighted by atomic mass is 10.2. The first-order valence-electron chi connectivity index (χ1n) is 7.14. The molecule has 0 bridgehead atoms. The molecule has 1 fully saturated rings. The second kappa shape index (κ2) is 7.10. The summed E-state index contributed by atoms with van der Waals surface area (Å²) in [5, 5.41) is 3.42. The van der Waals surface area contributed by atoms with Crippen molar-refractivity contribution in [2.24, 2.45) is 0 Å². The van der Waals surface area contributed by atoms with Gasteiger partial charge in [-0.3, -0.25) is 0 Å².